The molecule has 130 valence electrons. The van der Waals surface area contributed by atoms with Crippen molar-refractivity contribution in [2.75, 3.05) is 11.9 Å². The lowest BCUT2D eigenvalue weighted by molar-refractivity contribution is -0.115. The van der Waals surface area contributed by atoms with E-state index in [-0.39, 0.29) is 24.5 Å². The molecule has 1 fully saturated rings. The average Bonchev–Trinajstić information content (AvgIpc) is 2.91. The molecule has 3 N–H and O–H groups in total. The molecule has 1 aliphatic rings. The first-order valence-electron chi connectivity index (χ1n) is 8.34. The van der Waals surface area contributed by atoms with Crippen LogP contribution in [0.3, 0.4) is 0 Å². The molecule has 3 amide bonds. The monoisotopic (exact) mass is 332 g/mol. The van der Waals surface area contributed by atoms with Gasteiger partial charge in [-0.05, 0) is 19.8 Å². The number of anilines is 1. The Morgan fingerprint density at radius 1 is 1.38 bits per heavy atom. The van der Waals surface area contributed by atoms with Crippen LogP contribution in [-0.2, 0) is 11.3 Å². The summed E-state index contributed by atoms with van der Waals surface area (Å²) in [4.78, 5) is 23.8. The summed E-state index contributed by atoms with van der Waals surface area (Å²) in [6.45, 7) is 2.12. The zero-order chi connectivity index (χ0) is 17.4. The van der Waals surface area contributed by atoms with Crippen molar-refractivity contribution in [3.05, 3.63) is 11.8 Å². The Morgan fingerprint density at radius 2 is 2.12 bits per heavy atom. The van der Waals surface area contributed by atoms with Gasteiger partial charge in [-0.3, -0.25) is 4.79 Å². The van der Waals surface area contributed by atoms with E-state index in [0.717, 1.165) is 31.4 Å². The van der Waals surface area contributed by atoms with Gasteiger partial charge in [0.1, 0.15) is 5.82 Å². The molecule has 1 aliphatic carbocycles. The summed E-state index contributed by atoms with van der Waals surface area (Å²) in [5, 5.41) is 21.1. The van der Waals surface area contributed by atoms with Crippen molar-refractivity contribution in [2.24, 2.45) is 0 Å². The summed E-state index contributed by atoms with van der Waals surface area (Å²) in [6, 6.07) is 3.67. The number of nitrogens with one attached hydrogen (secondary N) is 3. The maximum atomic E-state index is 12.0. The quantitative estimate of drug-likeness (QED) is 0.735. The summed E-state index contributed by atoms with van der Waals surface area (Å²) >= 11 is 0. The SMILES string of the molecule is Cc1cc(NC(=O)CNC(=O)NC2CCCCC2)n(CCC#N)n1. The average molecular weight is 332 g/mol. The second kappa shape index (κ2) is 8.91. The number of aromatic nitrogens is 2. The van der Waals surface area contributed by atoms with Gasteiger partial charge in [-0.2, -0.15) is 10.4 Å². The lowest BCUT2D eigenvalue weighted by Gasteiger charge is -2.22. The van der Waals surface area contributed by atoms with Gasteiger partial charge in [-0.25, -0.2) is 9.48 Å². The molecule has 0 aromatic carbocycles. The van der Waals surface area contributed by atoms with Crippen molar-refractivity contribution in [3.63, 3.8) is 0 Å². The van der Waals surface area contributed by atoms with E-state index in [1.54, 1.807) is 10.7 Å². The van der Waals surface area contributed by atoms with Gasteiger partial charge in [0.05, 0.1) is 31.3 Å². The molecular formula is C16H24N6O2. The highest BCUT2D eigenvalue weighted by Crippen LogP contribution is 2.17. The molecule has 0 atom stereocenters. The van der Waals surface area contributed by atoms with E-state index in [4.69, 9.17) is 5.26 Å². The Morgan fingerprint density at radius 3 is 2.83 bits per heavy atom. The number of nitrogens with zero attached hydrogens (tertiary/aromatic N) is 3. The van der Waals surface area contributed by atoms with Crippen LogP contribution in [0.1, 0.15) is 44.2 Å². The summed E-state index contributed by atoms with van der Waals surface area (Å²) in [7, 11) is 0. The Hall–Kier alpha value is -2.56. The Kier molecular flexibility index (Phi) is 6.61. The van der Waals surface area contributed by atoms with Crippen LogP contribution in [-0.4, -0.2) is 34.3 Å². The lowest BCUT2D eigenvalue weighted by atomic mass is 9.96. The molecule has 1 aromatic rings. The largest absolute Gasteiger partial charge is 0.335 e. The molecule has 2 rings (SSSR count). The molecule has 0 unspecified atom stereocenters. The fraction of sp³-hybridized carbons (Fsp3) is 0.625. The number of aryl methyl sites for hydroxylation is 2. The molecule has 0 radical (unpaired) electrons. The minimum Gasteiger partial charge on any atom is -0.335 e. The molecule has 1 saturated carbocycles. The van der Waals surface area contributed by atoms with Crippen molar-refractivity contribution in [1.82, 2.24) is 20.4 Å². The standard InChI is InChI=1S/C16H24N6O2/c1-12-10-14(22(21-12)9-5-8-17)20-15(23)11-18-16(24)19-13-6-3-2-4-7-13/h10,13H,2-7,9,11H2,1H3,(H,20,23)(H2,18,19,24). The number of rotatable bonds is 6. The number of carbonyl (C=O) groups is 2. The van der Waals surface area contributed by atoms with Gasteiger partial charge in [0.15, 0.2) is 0 Å². The van der Waals surface area contributed by atoms with Crippen LogP contribution >= 0.6 is 0 Å². The van der Waals surface area contributed by atoms with Crippen LogP contribution in [0.5, 0.6) is 0 Å². The first-order valence-corrected chi connectivity index (χ1v) is 8.34. The van der Waals surface area contributed by atoms with Gasteiger partial charge >= 0.3 is 6.03 Å². The molecule has 8 heteroatoms. The zero-order valence-corrected chi connectivity index (χ0v) is 14.0. The van der Waals surface area contributed by atoms with Gasteiger partial charge in [-0.15, -0.1) is 0 Å². The number of urea groups is 1. The fourth-order valence-corrected chi connectivity index (χ4v) is 2.80. The van der Waals surface area contributed by atoms with Crippen molar-refractivity contribution >= 4 is 17.8 Å². The molecule has 0 bridgehead atoms. The third-order valence-corrected chi connectivity index (χ3v) is 3.95. The Bertz CT molecular complexity index is 613. The van der Waals surface area contributed by atoms with E-state index in [0.29, 0.717) is 18.8 Å². The minimum absolute atomic E-state index is 0.110. The minimum atomic E-state index is -0.327. The number of amides is 3. The predicted molar refractivity (Wildman–Crippen MR) is 89.2 cm³/mol. The first kappa shape index (κ1) is 17.8. The van der Waals surface area contributed by atoms with Crippen molar-refractivity contribution < 1.29 is 9.59 Å². The number of hydrogen-bond donors (Lipinski definition) is 3. The topological polar surface area (TPSA) is 112 Å². The molecule has 0 saturated heterocycles. The second-order valence-electron chi connectivity index (χ2n) is 6.01. The molecule has 24 heavy (non-hydrogen) atoms. The zero-order valence-electron chi connectivity index (χ0n) is 14.0. The maximum Gasteiger partial charge on any atom is 0.315 e. The Balaban J connectivity index is 1.76. The maximum absolute atomic E-state index is 12.0. The summed E-state index contributed by atoms with van der Waals surface area (Å²) in [6.07, 6.45) is 5.80. The van der Waals surface area contributed by atoms with E-state index in [9.17, 15) is 9.59 Å². The smallest absolute Gasteiger partial charge is 0.315 e. The van der Waals surface area contributed by atoms with Gasteiger partial charge in [0, 0.05) is 12.1 Å². The van der Waals surface area contributed by atoms with Gasteiger partial charge in [-0.1, -0.05) is 19.3 Å². The van der Waals surface area contributed by atoms with Crippen molar-refractivity contribution in [2.45, 2.75) is 58.0 Å². The number of carbonyl (C=O) groups excluding carboxylic acids is 2. The summed E-state index contributed by atoms with van der Waals surface area (Å²) in [5.74, 6) is 0.203. The molecule has 8 nitrogen and oxygen atoms in total. The molecular weight excluding hydrogens is 308 g/mol. The Labute approximate surface area is 141 Å². The molecule has 1 aromatic heterocycles. The third kappa shape index (κ3) is 5.57. The van der Waals surface area contributed by atoms with E-state index >= 15 is 0 Å². The predicted octanol–water partition coefficient (Wildman–Crippen LogP) is 1.68. The van der Waals surface area contributed by atoms with E-state index in [1.807, 2.05) is 13.0 Å². The van der Waals surface area contributed by atoms with E-state index in [1.165, 1.54) is 6.42 Å². The fourth-order valence-electron chi connectivity index (χ4n) is 2.80. The molecule has 1 heterocycles. The van der Waals surface area contributed by atoms with Gasteiger partial charge in [0.2, 0.25) is 5.91 Å². The lowest BCUT2D eigenvalue weighted by Crippen LogP contribution is -2.45. The highest BCUT2D eigenvalue weighted by atomic mass is 16.2. The molecule has 0 spiro atoms. The van der Waals surface area contributed by atoms with Crippen LogP contribution in [0.2, 0.25) is 0 Å². The highest BCUT2D eigenvalue weighted by Gasteiger charge is 2.16. The summed E-state index contributed by atoms with van der Waals surface area (Å²) < 4.78 is 1.58. The first-order chi connectivity index (χ1) is 11.6. The van der Waals surface area contributed by atoms with Crippen LogP contribution in [0.4, 0.5) is 10.6 Å². The van der Waals surface area contributed by atoms with Crippen LogP contribution in [0, 0.1) is 18.3 Å². The van der Waals surface area contributed by atoms with Crippen LogP contribution in [0.15, 0.2) is 6.07 Å². The van der Waals surface area contributed by atoms with Crippen molar-refractivity contribution in [3.8, 4) is 6.07 Å². The van der Waals surface area contributed by atoms with E-state index in [2.05, 4.69) is 21.0 Å². The number of nitriles is 1. The molecule has 0 aliphatic heterocycles. The van der Waals surface area contributed by atoms with Crippen LogP contribution < -0.4 is 16.0 Å². The van der Waals surface area contributed by atoms with Crippen molar-refractivity contribution in [1.29, 1.82) is 5.26 Å². The summed E-state index contributed by atoms with van der Waals surface area (Å²) in [5.41, 5.74) is 0.756. The highest BCUT2D eigenvalue weighted by molar-refractivity contribution is 5.93. The normalized spacial score (nSPS) is 14.7. The second-order valence-corrected chi connectivity index (χ2v) is 6.01. The van der Waals surface area contributed by atoms with E-state index < -0.39 is 0 Å². The van der Waals surface area contributed by atoms with Gasteiger partial charge in [0.25, 0.3) is 0 Å². The van der Waals surface area contributed by atoms with Crippen LogP contribution in [0.25, 0.3) is 0 Å². The third-order valence-electron chi connectivity index (χ3n) is 3.95. The van der Waals surface area contributed by atoms with Gasteiger partial charge < -0.3 is 16.0 Å². The number of hydrogen-bond acceptors (Lipinski definition) is 4.